The molecule has 1 N–H and O–H groups in total. The van der Waals surface area contributed by atoms with Crippen molar-refractivity contribution in [2.24, 2.45) is 7.05 Å². The summed E-state index contributed by atoms with van der Waals surface area (Å²) in [4.78, 5) is 28.7. The summed E-state index contributed by atoms with van der Waals surface area (Å²) in [7, 11) is 1.87. The highest BCUT2D eigenvalue weighted by Crippen LogP contribution is 2.36. The molecule has 0 spiro atoms. The number of fused-ring (bicyclic) bond motifs is 1. The highest BCUT2D eigenvalue weighted by molar-refractivity contribution is 9.11. The molecule has 4 aromatic rings. The molecule has 0 unspecified atom stereocenters. The Labute approximate surface area is 200 Å². The lowest BCUT2D eigenvalue weighted by molar-refractivity contribution is -0.385. The van der Waals surface area contributed by atoms with Gasteiger partial charge in [0.25, 0.3) is 11.6 Å². The molecule has 0 aliphatic carbocycles. The molecule has 0 atom stereocenters. The number of hydrogen-bond donors (Lipinski definition) is 1. The number of anilines is 1. The first-order chi connectivity index (χ1) is 15.2. The lowest BCUT2D eigenvalue weighted by Crippen LogP contribution is -2.14. The SMILES string of the molecule is Cc1nn(C)c(C)c1-c1cc(C(=O)Nc2c(Br)cc([N+](=O)[O-])cc2Br)c2ccccc2n1. The number of pyridine rings is 1. The second-order valence-corrected chi connectivity index (χ2v) is 8.95. The van der Waals surface area contributed by atoms with Gasteiger partial charge in [0.05, 0.1) is 33.1 Å². The number of nitro benzene ring substituents is 1. The normalized spacial score (nSPS) is 11.0. The first-order valence-corrected chi connectivity index (χ1v) is 11.1. The minimum Gasteiger partial charge on any atom is -0.320 e. The number of nitro groups is 1. The van der Waals surface area contributed by atoms with E-state index in [0.717, 1.165) is 17.0 Å². The summed E-state index contributed by atoms with van der Waals surface area (Å²) < 4.78 is 2.57. The highest BCUT2D eigenvalue weighted by atomic mass is 79.9. The summed E-state index contributed by atoms with van der Waals surface area (Å²) in [6, 6.07) is 11.9. The van der Waals surface area contributed by atoms with Crippen LogP contribution < -0.4 is 5.32 Å². The number of hydrogen-bond acceptors (Lipinski definition) is 5. The molecule has 2 aromatic heterocycles. The fourth-order valence-corrected chi connectivity index (χ4v) is 4.96. The number of para-hydroxylation sites is 1. The van der Waals surface area contributed by atoms with Crippen molar-refractivity contribution >= 4 is 60.0 Å². The number of aromatic nitrogens is 3. The van der Waals surface area contributed by atoms with Gasteiger partial charge in [-0.15, -0.1) is 0 Å². The monoisotopic (exact) mass is 557 g/mol. The first-order valence-electron chi connectivity index (χ1n) is 9.52. The highest BCUT2D eigenvalue weighted by Gasteiger charge is 2.21. The van der Waals surface area contributed by atoms with Gasteiger partial charge in [0.1, 0.15) is 0 Å². The maximum absolute atomic E-state index is 13.4. The molecule has 0 aliphatic rings. The Morgan fingerprint density at radius 3 is 2.38 bits per heavy atom. The molecule has 0 saturated carbocycles. The molecule has 8 nitrogen and oxygen atoms in total. The van der Waals surface area contributed by atoms with Crippen molar-refractivity contribution in [3.8, 4) is 11.3 Å². The first kappa shape index (κ1) is 22.1. The number of non-ortho nitro benzene ring substituents is 1. The molecule has 0 fully saturated rings. The molecule has 1 amide bonds. The van der Waals surface area contributed by atoms with E-state index in [0.29, 0.717) is 36.8 Å². The van der Waals surface area contributed by atoms with Gasteiger partial charge in [0.15, 0.2) is 0 Å². The van der Waals surface area contributed by atoms with E-state index in [1.807, 2.05) is 45.2 Å². The maximum Gasteiger partial charge on any atom is 0.271 e. The molecule has 10 heteroatoms. The van der Waals surface area contributed by atoms with E-state index >= 15 is 0 Å². The molecule has 2 heterocycles. The average molecular weight is 559 g/mol. The number of rotatable bonds is 4. The van der Waals surface area contributed by atoms with Crippen LogP contribution in [-0.2, 0) is 7.05 Å². The molecule has 0 saturated heterocycles. The minimum atomic E-state index is -0.498. The van der Waals surface area contributed by atoms with Crippen LogP contribution in [0.1, 0.15) is 21.7 Å². The fraction of sp³-hybridized carbons (Fsp3) is 0.136. The van der Waals surface area contributed by atoms with Crippen LogP contribution in [0, 0.1) is 24.0 Å². The third-order valence-corrected chi connectivity index (χ3v) is 6.45. The van der Waals surface area contributed by atoms with Crippen molar-refractivity contribution in [3.63, 3.8) is 0 Å². The third-order valence-electron chi connectivity index (χ3n) is 5.20. The Morgan fingerprint density at radius 1 is 1.12 bits per heavy atom. The zero-order valence-corrected chi connectivity index (χ0v) is 20.5. The minimum absolute atomic E-state index is 0.0964. The Balaban J connectivity index is 1.84. The van der Waals surface area contributed by atoms with Crippen molar-refractivity contribution < 1.29 is 9.72 Å². The van der Waals surface area contributed by atoms with Gasteiger partial charge < -0.3 is 5.32 Å². The van der Waals surface area contributed by atoms with E-state index in [1.165, 1.54) is 12.1 Å². The van der Waals surface area contributed by atoms with Crippen LogP contribution in [0.25, 0.3) is 22.2 Å². The van der Waals surface area contributed by atoms with Gasteiger partial charge in [-0.05, 0) is 57.8 Å². The number of nitrogens with one attached hydrogen (secondary N) is 1. The van der Waals surface area contributed by atoms with Gasteiger partial charge in [-0.2, -0.15) is 5.10 Å². The second kappa shape index (κ2) is 8.44. The van der Waals surface area contributed by atoms with E-state index < -0.39 is 4.92 Å². The van der Waals surface area contributed by atoms with Crippen molar-refractivity contribution in [1.29, 1.82) is 0 Å². The Kier molecular flexibility index (Phi) is 5.83. The van der Waals surface area contributed by atoms with E-state index in [4.69, 9.17) is 4.98 Å². The Morgan fingerprint density at radius 2 is 1.78 bits per heavy atom. The summed E-state index contributed by atoms with van der Waals surface area (Å²) in [6.07, 6.45) is 0. The van der Waals surface area contributed by atoms with Crippen LogP contribution in [0.2, 0.25) is 0 Å². The zero-order chi connectivity index (χ0) is 23.2. The molecule has 0 aliphatic heterocycles. The standard InChI is InChI=1S/C22H17Br2N5O3/c1-11-20(12(2)28(3)27-11)19-10-15(14-6-4-5-7-18(14)25-19)22(30)26-21-16(23)8-13(29(31)32)9-17(21)24/h4-10H,1-3H3,(H,26,30). The van der Waals surface area contributed by atoms with E-state index in [9.17, 15) is 14.9 Å². The van der Waals surface area contributed by atoms with Gasteiger partial charge in [-0.3, -0.25) is 19.6 Å². The van der Waals surface area contributed by atoms with Gasteiger partial charge in [-0.25, -0.2) is 4.98 Å². The summed E-state index contributed by atoms with van der Waals surface area (Å²) in [5.74, 6) is -0.362. The lowest BCUT2D eigenvalue weighted by atomic mass is 10.0. The Bertz CT molecular complexity index is 1390. The molecular weight excluding hydrogens is 542 g/mol. The van der Waals surface area contributed by atoms with Crippen LogP contribution >= 0.6 is 31.9 Å². The predicted molar refractivity (Wildman–Crippen MR) is 130 cm³/mol. The number of amides is 1. The van der Waals surface area contributed by atoms with E-state index in [2.05, 4.69) is 42.3 Å². The largest absolute Gasteiger partial charge is 0.320 e. The smallest absolute Gasteiger partial charge is 0.271 e. The van der Waals surface area contributed by atoms with Gasteiger partial charge in [0, 0.05) is 44.8 Å². The van der Waals surface area contributed by atoms with Crippen molar-refractivity contribution in [1.82, 2.24) is 14.8 Å². The number of aryl methyl sites for hydroxylation is 2. The number of nitrogens with zero attached hydrogens (tertiary/aromatic N) is 4. The average Bonchev–Trinajstić information content (AvgIpc) is 3.00. The number of carbonyl (C=O) groups is 1. The second-order valence-electron chi connectivity index (χ2n) is 7.24. The van der Waals surface area contributed by atoms with Gasteiger partial charge >= 0.3 is 0 Å². The molecule has 4 rings (SSSR count). The summed E-state index contributed by atoms with van der Waals surface area (Å²) in [5.41, 5.74) is 4.71. The van der Waals surface area contributed by atoms with Gasteiger partial charge in [0.2, 0.25) is 0 Å². The maximum atomic E-state index is 13.4. The van der Waals surface area contributed by atoms with Crippen molar-refractivity contribution in [2.45, 2.75) is 13.8 Å². The molecular formula is C22H17Br2N5O3. The predicted octanol–water partition coefficient (Wildman–Crippen LogP) is 5.94. The summed E-state index contributed by atoms with van der Waals surface area (Å²) in [6.45, 7) is 3.86. The molecule has 0 radical (unpaired) electrons. The van der Waals surface area contributed by atoms with Crippen LogP contribution in [0.5, 0.6) is 0 Å². The number of halogens is 2. The van der Waals surface area contributed by atoms with E-state index in [-0.39, 0.29) is 11.6 Å². The van der Waals surface area contributed by atoms with Crippen LogP contribution in [0.3, 0.4) is 0 Å². The topological polar surface area (TPSA) is 103 Å². The summed E-state index contributed by atoms with van der Waals surface area (Å²) >= 11 is 6.64. The van der Waals surface area contributed by atoms with Crippen molar-refractivity contribution in [2.75, 3.05) is 5.32 Å². The molecule has 162 valence electrons. The number of benzene rings is 2. The molecule has 2 aromatic carbocycles. The van der Waals surface area contributed by atoms with Crippen LogP contribution in [-0.4, -0.2) is 25.6 Å². The van der Waals surface area contributed by atoms with Crippen molar-refractivity contribution in [3.05, 3.63) is 78.5 Å². The lowest BCUT2D eigenvalue weighted by Gasteiger charge is -2.13. The molecule has 0 bridgehead atoms. The van der Waals surface area contributed by atoms with E-state index in [1.54, 1.807) is 10.7 Å². The van der Waals surface area contributed by atoms with Crippen LogP contribution in [0.4, 0.5) is 11.4 Å². The van der Waals surface area contributed by atoms with Crippen LogP contribution in [0.15, 0.2) is 51.4 Å². The quantitative estimate of drug-likeness (QED) is 0.247. The third kappa shape index (κ3) is 3.91. The molecule has 32 heavy (non-hydrogen) atoms. The summed E-state index contributed by atoms with van der Waals surface area (Å²) in [5, 5.41) is 19.1. The Hall–Kier alpha value is -3.11. The zero-order valence-electron chi connectivity index (χ0n) is 17.3. The van der Waals surface area contributed by atoms with Gasteiger partial charge in [-0.1, -0.05) is 18.2 Å². The number of carbonyl (C=O) groups excluding carboxylic acids is 1. The fourth-order valence-electron chi connectivity index (χ4n) is 3.60.